The van der Waals surface area contributed by atoms with E-state index in [1.165, 1.54) is 6.07 Å². The molecule has 0 spiro atoms. The SMILES string of the molecule is CCNc1cncc(Nc2ccc(F)c(C)c2)n1. The molecule has 0 saturated heterocycles. The first-order chi connectivity index (χ1) is 8.69. The second kappa shape index (κ2) is 5.44. The fourth-order valence-corrected chi connectivity index (χ4v) is 1.56. The number of nitrogens with one attached hydrogen (secondary N) is 2. The van der Waals surface area contributed by atoms with Crippen molar-refractivity contribution in [1.82, 2.24) is 9.97 Å². The monoisotopic (exact) mass is 246 g/mol. The Bertz CT molecular complexity index is 542. The molecule has 0 aliphatic heterocycles. The van der Waals surface area contributed by atoms with Gasteiger partial charge in [-0.1, -0.05) is 0 Å². The molecule has 4 nitrogen and oxygen atoms in total. The Hall–Kier alpha value is -2.17. The minimum atomic E-state index is -0.215. The molecule has 0 bridgehead atoms. The molecule has 0 amide bonds. The van der Waals surface area contributed by atoms with Crippen molar-refractivity contribution in [2.75, 3.05) is 17.2 Å². The van der Waals surface area contributed by atoms with Crippen LogP contribution in [0.2, 0.25) is 0 Å². The Morgan fingerprint density at radius 1 is 1.22 bits per heavy atom. The van der Waals surface area contributed by atoms with Crippen LogP contribution in [-0.4, -0.2) is 16.5 Å². The molecule has 1 aromatic carbocycles. The molecule has 0 unspecified atom stereocenters. The number of aromatic nitrogens is 2. The number of anilines is 3. The van der Waals surface area contributed by atoms with Gasteiger partial charge in [0.1, 0.15) is 11.6 Å². The second-order valence-corrected chi connectivity index (χ2v) is 3.91. The van der Waals surface area contributed by atoms with E-state index in [2.05, 4.69) is 20.6 Å². The van der Waals surface area contributed by atoms with Gasteiger partial charge in [-0.05, 0) is 37.6 Å². The lowest BCUT2D eigenvalue weighted by Crippen LogP contribution is -2.02. The summed E-state index contributed by atoms with van der Waals surface area (Å²) in [5.41, 5.74) is 1.38. The van der Waals surface area contributed by atoms with Crippen molar-refractivity contribution >= 4 is 17.3 Å². The highest BCUT2D eigenvalue weighted by Gasteiger charge is 2.01. The Kier molecular flexibility index (Phi) is 3.72. The first kappa shape index (κ1) is 12.3. The normalized spacial score (nSPS) is 10.2. The highest BCUT2D eigenvalue weighted by Crippen LogP contribution is 2.18. The molecule has 0 atom stereocenters. The van der Waals surface area contributed by atoms with Crippen LogP contribution >= 0.6 is 0 Å². The fraction of sp³-hybridized carbons (Fsp3) is 0.231. The molecule has 0 fully saturated rings. The van der Waals surface area contributed by atoms with Crippen molar-refractivity contribution in [3.05, 3.63) is 42.0 Å². The van der Waals surface area contributed by atoms with E-state index in [4.69, 9.17) is 0 Å². The zero-order chi connectivity index (χ0) is 13.0. The maximum Gasteiger partial charge on any atom is 0.151 e. The maximum atomic E-state index is 13.1. The van der Waals surface area contributed by atoms with Gasteiger partial charge in [-0.15, -0.1) is 0 Å². The molecule has 94 valence electrons. The van der Waals surface area contributed by atoms with Crippen LogP contribution < -0.4 is 10.6 Å². The molecule has 2 aromatic rings. The Morgan fingerprint density at radius 2 is 2.00 bits per heavy atom. The number of halogens is 1. The third kappa shape index (κ3) is 2.94. The molecule has 0 radical (unpaired) electrons. The van der Waals surface area contributed by atoms with E-state index < -0.39 is 0 Å². The van der Waals surface area contributed by atoms with Crippen LogP contribution in [0.4, 0.5) is 21.7 Å². The third-order valence-electron chi connectivity index (χ3n) is 2.42. The quantitative estimate of drug-likeness (QED) is 0.870. The standard InChI is InChI=1S/C13H15FN4/c1-3-16-12-7-15-8-13(18-12)17-10-4-5-11(14)9(2)6-10/h4-8H,3H2,1-2H3,(H2,16,17,18). The van der Waals surface area contributed by atoms with E-state index in [1.807, 2.05) is 6.92 Å². The third-order valence-corrected chi connectivity index (χ3v) is 2.42. The Morgan fingerprint density at radius 3 is 2.72 bits per heavy atom. The van der Waals surface area contributed by atoms with Gasteiger partial charge in [0.05, 0.1) is 12.4 Å². The summed E-state index contributed by atoms with van der Waals surface area (Å²) in [6.07, 6.45) is 3.28. The summed E-state index contributed by atoms with van der Waals surface area (Å²) >= 11 is 0. The highest BCUT2D eigenvalue weighted by molar-refractivity contribution is 5.57. The molecular weight excluding hydrogens is 231 g/mol. The summed E-state index contributed by atoms with van der Waals surface area (Å²) in [6, 6.07) is 4.83. The van der Waals surface area contributed by atoms with Gasteiger partial charge in [0.15, 0.2) is 5.82 Å². The highest BCUT2D eigenvalue weighted by atomic mass is 19.1. The second-order valence-electron chi connectivity index (χ2n) is 3.91. The average molecular weight is 246 g/mol. The van der Waals surface area contributed by atoms with E-state index in [9.17, 15) is 4.39 Å². The van der Waals surface area contributed by atoms with Crippen LogP contribution in [0.5, 0.6) is 0 Å². The van der Waals surface area contributed by atoms with Crippen LogP contribution in [0.25, 0.3) is 0 Å². The van der Waals surface area contributed by atoms with Crippen LogP contribution in [0, 0.1) is 12.7 Å². The van der Waals surface area contributed by atoms with E-state index in [0.29, 0.717) is 17.2 Å². The first-order valence-corrected chi connectivity index (χ1v) is 5.78. The van der Waals surface area contributed by atoms with Crippen molar-refractivity contribution < 1.29 is 4.39 Å². The van der Waals surface area contributed by atoms with Crippen molar-refractivity contribution in [1.29, 1.82) is 0 Å². The summed E-state index contributed by atoms with van der Waals surface area (Å²) in [6.45, 7) is 4.50. The molecule has 0 aliphatic carbocycles. The van der Waals surface area contributed by atoms with Crippen LogP contribution in [0.1, 0.15) is 12.5 Å². The summed E-state index contributed by atoms with van der Waals surface area (Å²) in [7, 11) is 0. The van der Waals surface area contributed by atoms with E-state index in [-0.39, 0.29) is 5.82 Å². The number of rotatable bonds is 4. The van der Waals surface area contributed by atoms with Gasteiger partial charge in [-0.3, -0.25) is 4.98 Å². The van der Waals surface area contributed by atoms with E-state index in [0.717, 1.165) is 12.2 Å². The van der Waals surface area contributed by atoms with Crippen LogP contribution in [0.3, 0.4) is 0 Å². The van der Waals surface area contributed by atoms with E-state index >= 15 is 0 Å². The predicted octanol–water partition coefficient (Wildman–Crippen LogP) is 3.10. The topological polar surface area (TPSA) is 49.8 Å². The number of hydrogen-bond donors (Lipinski definition) is 2. The zero-order valence-corrected chi connectivity index (χ0v) is 10.4. The average Bonchev–Trinajstić information content (AvgIpc) is 2.35. The van der Waals surface area contributed by atoms with Gasteiger partial charge in [-0.2, -0.15) is 0 Å². The van der Waals surface area contributed by atoms with Gasteiger partial charge in [-0.25, -0.2) is 9.37 Å². The minimum Gasteiger partial charge on any atom is -0.369 e. The van der Waals surface area contributed by atoms with Gasteiger partial charge in [0.25, 0.3) is 0 Å². The van der Waals surface area contributed by atoms with Gasteiger partial charge in [0, 0.05) is 12.2 Å². The number of benzene rings is 1. The van der Waals surface area contributed by atoms with Crippen molar-refractivity contribution in [2.45, 2.75) is 13.8 Å². The molecule has 2 N–H and O–H groups in total. The van der Waals surface area contributed by atoms with Crippen LogP contribution in [-0.2, 0) is 0 Å². The van der Waals surface area contributed by atoms with Crippen LogP contribution in [0.15, 0.2) is 30.6 Å². The Balaban J connectivity index is 2.17. The molecule has 1 heterocycles. The fourth-order valence-electron chi connectivity index (χ4n) is 1.56. The predicted molar refractivity (Wildman–Crippen MR) is 70.6 cm³/mol. The Labute approximate surface area is 105 Å². The zero-order valence-electron chi connectivity index (χ0n) is 10.4. The van der Waals surface area contributed by atoms with Crippen molar-refractivity contribution in [3.8, 4) is 0 Å². The van der Waals surface area contributed by atoms with Crippen molar-refractivity contribution in [2.24, 2.45) is 0 Å². The molecule has 2 rings (SSSR count). The number of nitrogens with zero attached hydrogens (tertiary/aromatic N) is 2. The minimum absolute atomic E-state index is 0.215. The molecular formula is C13H15FN4. The lowest BCUT2D eigenvalue weighted by atomic mass is 10.2. The summed E-state index contributed by atoms with van der Waals surface area (Å²) in [5, 5.41) is 6.17. The molecule has 1 aromatic heterocycles. The van der Waals surface area contributed by atoms with E-state index in [1.54, 1.807) is 31.5 Å². The van der Waals surface area contributed by atoms with Gasteiger partial charge in [0.2, 0.25) is 0 Å². The smallest absolute Gasteiger partial charge is 0.151 e. The summed E-state index contributed by atoms with van der Waals surface area (Å²) in [4.78, 5) is 8.41. The first-order valence-electron chi connectivity index (χ1n) is 5.78. The molecule has 5 heteroatoms. The lowest BCUT2D eigenvalue weighted by Gasteiger charge is -2.08. The lowest BCUT2D eigenvalue weighted by molar-refractivity contribution is 0.619. The summed E-state index contributed by atoms with van der Waals surface area (Å²) < 4.78 is 13.1. The number of aryl methyl sites for hydroxylation is 1. The van der Waals surface area contributed by atoms with Crippen molar-refractivity contribution in [3.63, 3.8) is 0 Å². The molecule has 0 saturated carbocycles. The maximum absolute atomic E-state index is 13.1. The largest absolute Gasteiger partial charge is 0.369 e. The number of hydrogen-bond acceptors (Lipinski definition) is 4. The molecule has 18 heavy (non-hydrogen) atoms. The van der Waals surface area contributed by atoms with Gasteiger partial charge < -0.3 is 10.6 Å². The molecule has 0 aliphatic rings. The van der Waals surface area contributed by atoms with Gasteiger partial charge >= 0.3 is 0 Å². The summed E-state index contributed by atoms with van der Waals surface area (Å²) in [5.74, 6) is 1.12.